The first-order chi connectivity index (χ1) is 7.70. The molecule has 2 atom stereocenters. The lowest BCUT2D eigenvalue weighted by molar-refractivity contribution is 0.489. The van der Waals surface area contributed by atoms with Gasteiger partial charge >= 0.3 is 0 Å². The molecular weight excluding hydrogens is 194 g/mol. The van der Waals surface area contributed by atoms with Gasteiger partial charge in [0.05, 0.1) is 0 Å². The Morgan fingerprint density at radius 2 is 2.06 bits per heavy atom. The second-order valence-electron chi connectivity index (χ2n) is 5.17. The summed E-state index contributed by atoms with van der Waals surface area (Å²) in [6.45, 7) is 6.67. The molecular formula is C15H23N. The molecule has 0 spiro atoms. The zero-order chi connectivity index (χ0) is 11.5. The molecule has 0 heterocycles. The van der Waals surface area contributed by atoms with E-state index in [0.717, 1.165) is 5.92 Å². The summed E-state index contributed by atoms with van der Waals surface area (Å²) in [7, 11) is 0. The summed E-state index contributed by atoms with van der Waals surface area (Å²) in [4.78, 5) is 0. The van der Waals surface area contributed by atoms with Crippen molar-refractivity contribution in [3.05, 3.63) is 29.3 Å². The van der Waals surface area contributed by atoms with Gasteiger partial charge in [0, 0.05) is 11.7 Å². The first-order valence-electron chi connectivity index (χ1n) is 6.54. The van der Waals surface area contributed by atoms with Crippen molar-refractivity contribution in [3.8, 4) is 0 Å². The minimum Gasteiger partial charge on any atom is -0.382 e. The fraction of sp³-hybridized carbons (Fsp3) is 0.600. The maximum absolute atomic E-state index is 3.75. The fourth-order valence-electron chi connectivity index (χ4n) is 2.81. The van der Waals surface area contributed by atoms with Gasteiger partial charge in [-0.15, -0.1) is 0 Å². The Kier molecular flexibility index (Phi) is 3.52. The van der Waals surface area contributed by atoms with Crippen molar-refractivity contribution in [1.29, 1.82) is 0 Å². The third-order valence-corrected chi connectivity index (χ3v) is 3.92. The summed E-state index contributed by atoms with van der Waals surface area (Å²) in [5.41, 5.74) is 4.05. The van der Waals surface area contributed by atoms with E-state index in [1.54, 1.807) is 0 Å². The molecule has 0 aromatic heterocycles. The molecule has 1 fully saturated rings. The summed E-state index contributed by atoms with van der Waals surface area (Å²) in [5, 5.41) is 3.75. The minimum atomic E-state index is 0.700. The third-order valence-electron chi connectivity index (χ3n) is 3.92. The molecule has 0 saturated heterocycles. The second-order valence-corrected chi connectivity index (χ2v) is 5.17. The van der Waals surface area contributed by atoms with E-state index in [1.807, 2.05) is 0 Å². The molecule has 2 unspecified atom stereocenters. The highest BCUT2D eigenvalue weighted by Crippen LogP contribution is 2.31. The predicted octanol–water partition coefficient (Wildman–Crippen LogP) is 4.29. The second kappa shape index (κ2) is 4.90. The highest BCUT2D eigenvalue weighted by atomic mass is 14.9. The first-order valence-corrected chi connectivity index (χ1v) is 6.54. The van der Waals surface area contributed by atoms with Gasteiger partial charge in [0.25, 0.3) is 0 Å². The van der Waals surface area contributed by atoms with Crippen LogP contribution in [-0.4, -0.2) is 6.04 Å². The highest BCUT2D eigenvalue weighted by molar-refractivity contribution is 5.53. The molecule has 0 amide bonds. The largest absolute Gasteiger partial charge is 0.382 e. The lowest BCUT2D eigenvalue weighted by atomic mass is 10.00. The van der Waals surface area contributed by atoms with Gasteiger partial charge in [-0.25, -0.2) is 0 Å². The van der Waals surface area contributed by atoms with Crippen LogP contribution in [0.25, 0.3) is 0 Å². The summed E-state index contributed by atoms with van der Waals surface area (Å²) in [6, 6.07) is 7.38. The van der Waals surface area contributed by atoms with Crippen molar-refractivity contribution in [2.24, 2.45) is 5.92 Å². The van der Waals surface area contributed by atoms with E-state index >= 15 is 0 Å². The molecule has 88 valence electrons. The van der Waals surface area contributed by atoms with Crippen LogP contribution in [0.5, 0.6) is 0 Å². The van der Waals surface area contributed by atoms with Gasteiger partial charge in [0.2, 0.25) is 0 Å². The number of rotatable bonds is 3. The fourth-order valence-corrected chi connectivity index (χ4v) is 2.81. The molecule has 0 aliphatic heterocycles. The van der Waals surface area contributed by atoms with Crippen LogP contribution in [0.4, 0.5) is 5.69 Å². The Morgan fingerprint density at radius 3 is 2.81 bits per heavy atom. The van der Waals surface area contributed by atoms with Crippen molar-refractivity contribution < 1.29 is 0 Å². The van der Waals surface area contributed by atoms with Crippen molar-refractivity contribution in [3.63, 3.8) is 0 Å². The van der Waals surface area contributed by atoms with Gasteiger partial charge in [-0.2, -0.15) is 0 Å². The van der Waals surface area contributed by atoms with Crippen LogP contribution in [-0.2, 0) is 0 Å². The van der Waals surface area contributed by atoms with Crippen molar-refractivity contribution in [1.82, 2.24) is 0 Å². The molecule has 0 bridgehead atoms. The molecule has 1 N–H and O–H groups in total. The molecule has 1 aromatic carbocycles. The smallest absolute Gasteiger partial charge is 0.0374 e. The van der Waals surface area contributed by atoms with Crippen LogP contribution in [0.1, 0.15) is 43.7 Å². The van der Waals surface area contributed by atoms with Crippen molar-refractivity contribution >= 4 is 5.69 Å². The summed E-state index contributed by atoms with van der Waals surface area (Å²) in [6.07, 6.45) is 5.44. The average molecular weight is 217 g/mol. The molecule has 1 heteroatoms. The Labute approximate surface area is 99.3 Å². The Hall–Kier alpha value is -0.980. The maximum Gasteiger partial charge on any atom is 0.0374 e. The lowest BCUT2D eigenvalue weighted by Crippen LogP contribution is -2.23. The zero-order valence-electron chi connectivity index (χ0n) is 10.7. The van der Waals surface area contributed by atoms with Gasteiger partial charge in [0.1, 0.15) is 0 Å². The standard InChI is InChI=1S/C15H23N/c1-4-13-6-5-7-14(13)16-15-10-11(2)8-9-12(15)3/h8-10,13-14,16H,4-7H2,1-3H3. The maximum atomic E-state index is 3.75. The Bertz CT molecular complexity index is 356. The van der Waals surface area contributed by atoms with E-state index in [-0.39, 0.29) is 0 Å². The van der Waals surface area contributed by atoms with Crippen LogP contribution in [0.3, 0.4) is 0 Å². The average Bonchev–Trinajstić information content (AvgIpc) is 2.71. The molecule has 16 heavy (non-hydrogen) atoms. The van der Waals surface area contributed by atoms with Crippen LogP contribution in [0.15, 0.2) is 18.2 Å². The van der Waals surface area contributed by atoms with E-state index < -0.39 is 0 Å². The molecule has 1 aromatic rings. The number of anilines is 1. The topological polar surface area (TPSA) is 12.0 Å². The van der Waals surface area contributed by atoms with Crippen LogP contribution in [0.2, 0.25) is 0 Å². The summed E-state index contributed by atoms with van der Waals surface area (Å²) < 4.78 is 0. The zero-order valence-corrected chi connectivity index (χ0v) is 10.7. The number of aryl methyl sites for hydroxylation is 2. The van der Waals surface area contributed by atoms with E-state index in [4.69, 9.17) is 0 Å². The van der Waals surface area contributed by atoms with Crippen molar-refractivity contribution in [2.45, 2.75) is 52.5 Å². The minimum absolute atomic E-state index is 0.700. The van der Waals surface area contributed by atoms with Crippen LogP contribution < -0.4 is 5.32 Å². The Morgan fingerprint density at radius 1 is 1.25 bits per heavy atom. The molecule has 0 radical (unpaired) electrons. The van der Waals surface area contributed by atoms with Crippen LogP contribution in [0, 0.1) is 19.8 Å². The van der Waals surface area contributed by atoms with E-state index in [1.165, 1.54) is 42.5 Å². The van der Waals surface area contributed by atoms with Gasteiger partial charge in [-0.05, 0) is 49.8 Å². The molecule has 1 aliphatic carbocycles. The van der Waals surface area contributed by atoms with E-state index in [0.29, 0.717) is 6.04 Å². The van der Waals surface area contributed by atoms with Gasteiger partial charge in [-0.1, -0.05) is 31.9 Å². The highest BCUT2D eigenvalue weighted by Gasteiger charge is 2.25. The number of nitrogens with one attached hydrogen (secondary N) is 1. The quantitative estimate of drug-likeness (QED) is 0.796. The molecule has 2 rings (SSSR count). The van der Waals surface area contributed by atoms with Crippen molar-refractivity contribution in [2.75, 3.05) is 5.32 Å². The summed E-state index contributed by atoms with van der Waals surface area (Å²) >= 11 is 0. The molecule has 1 nitrogen and oxygen atoms in total. The lowest BCUT2D eigenvalue weighted by Gasteiger charge is -2.22. The SMILES string of the molecule is CCC1CCCC1Nc1cc(C)ccc1C. The van der Waals surface area contributed by atoms with Gasteiger partial charge < -0.3 is 5.32 Å². The number of hydrogen-bond acceptors (Lipinski definition) is 1. The Balaban J connectivity index is 2.11. The predicted molar refractivity (Wildman–Crippen MR) is 71.0 cm³/mol. The normalized spacial score (nSPS) is 24.7. The first kappa shape index (κ1) is 11.5. The molecule has 1 aliphatic rings. The van der Waals surface area contributed by atoms with Gasteiger partial charge in [-0.3, -0.25) is 0 Å². The van der Waals surface area contributed by atoms with Gasteiger partial charge in [0.15, 0.2) is 0 Å². The molecule has 1 saturated carbocycles. The number of benzene rings is 1. The summed E-state index contributed by atoms with van der Waals surface area (Å²) in [5.74, 6) is 0.875. The monoisotopic (exact) mass is 217 g/mol. The number of hydrogen-bond donors (Lipinski definition) is 1. The van der Waals surface area contributed by atoms with E-state index in [2.05, 4.69) is 44.3 Å². The van der Waals surface area contributed by atoms with E-state index in [9.17, 15) is 0 Å². The third kappa shape index (κ3) is 2.40. The van der Waals surface area contributed by atoms with Crippen LogP contribution >= 0.6 is 0 Å².